The smallest absolute Gasteiger partial charge is 0.193 e. The fourth-order valence-corrected chi connectivity index (χ4v) is 3.63. The van der Waals surface area contributed by atoms with E-state index in [0.29, 0.717) is 0 Å². The molecule has 0 fully saturated rings. The number of guanidine groups is 1. The number of aromatic nitrogens is 2. The molecule has 8 heteroatoms. The predicted octanol–water partition coefficient (Wildman–Crippen LogP) is 4.45. The standard InChI is InChI=1S/C18H22ClN5S.HI/c1-12-23-15(11-25-12)10-24(3)18(20-2)21-7-6-13-9-22-17-5-4-14(19)8-16(13)17;/h4-5,8-9,11,22H,6-7,10H2,1-3H3,(H,20,21);1H. The summed E-state index contributed by atoms with van der Waals surface area (Å²) in [7, 11) is 3.83. The van der Waals surface area contributed by atoms with Gasteiger partial charge in [0.15, 0.2) is 5.96 Å². The van der Waals surface area contributed by atoms with E-state index < -0.39 is 0 Å². The lowest BCUT2D eigenvalue weighted by Gasteiger charge is -2.21. The van der Waals surface area contributed by atoms with E-state index in [2.05, 4.69) is 30.6 Å². The molecule has 2 heterocycles. The molecule has 140 valence electrons. The van der Waals surface area contributed by atoms with Crippen molar-refractivity contribution in [2.75, 3.05) is 20.6 Å². The molecule has 0 amide bonds. The van der Waals surface area contributed by atoms with Crippen LogP contribution in [0.1, 0.15) is 16.3 Å². The van der Waals surface area contributed by atoms with Gasteiger partial charge in [0.2, 0.25) is 0 Å². The third-order valence-electron chi connectivity index (χ3n) is 4.05. The molecule has 2 aromatic heterocycles. The van der Waals surface area contributed by atoms with Crippen molar-refractivity contribution < 1.29 is 0 Å². The summed E-state index contributed by atoms with van der Waals surface area (Å²) in [6.07, 6.45) is 2.94. The van der Waals surface area contributed by atoms with Crippen LogP contribution in [-0.4, -0.2) is 41.5 Å². The highest BCUT2D eigenvalue weighted by atomic mass is 127. The zero-order valence-electron chi connectivity index (χ0n) is 15.0. The minimum Gasteiger partial charge on any atom is -0.361 e. The van der Waals surface area contributed by atoms with Crippen LogP contribution in [0.4, 0.5) is 0 Å². The Labute approximate surface area is 179 Å². The Kier molecular flexibility index (Phi) is 7.72. The monoisotopic (exact) mass is 503 g/mol. The Morgan fingerprint density at radius 3 is 2.92 bits per heavy atom. The summed E-state index contributed by atoms with van der Waals surface area (Å²) in [4.78, 5) is 14.2. The van der Waals surface area contributed by atoms with Gasteiger partial charge < -0.3 is 15.2 Å². The third kappa shape index (κ3) is 5.11. The lowest BCUT2D eigenvalue weighted by Crippen LogP contribution is -2.39. The maximum absolute atomic E-state index is 6.11. The highest BCUT2D eigenvalue weighted by molar-refractivity contribution is 14.0. The van der Waals surface area contributed by atoms with Crippen LogP contribution in [0.5, 0.6) is 0 Å². The summed E-state index contributed by atoms with van der Waals surface area (Å²) in [5.41, 5.74) is 3.43. The van der Waals surface area contributed by atoms with Crippen molar-refractivity contribution in [1.82, 2.24) is 20.2 Å². The Bertz CT molecular complexity index is 889. The topological polar surface area (TPSA) is 56.3 Å². The second kappa shape index (κ2) is 9.57. The lowest BCUT2D eigenvalue weighted by molar-refractivity contribution is 0.471. The van der Waals surface area contributed by atoms with Gasteiger partial charge in [0, 0.05) is 48.1 Å². The Morgan fingerprint density at radius 1 is 1.42 bits per heavy atom. The first-order valence-corrected chi connectivity index (χ1v) is 9.41. The molecule has 0 radical (unpaired) electrons. The number of hydrogen-bond acceptors (Lipinski definition) is 3. The molecule has 1 aromatic carbocycles. The summed E-state index contributed by atoms with van der Waals surface area (Å²) in [6, 6.07) is 5.92. The first kappa shape index (κ1) is 21.0. The number of aromatic amines is 1. The number of fused-ring (bicyclic) bond motifs is 1. The van der Waals surface area contributed by atoms with Gasteiger partial charge in [0.25, 0.3) is 0 Å². The van der Waals surface area contributed by atoms with Crippen molar-refractivity contribution in [3.8, 4) is 0 Å². The van der Waals surface area contributed by atoms with Gasteiger partial charge in [-0.3, -0.25) is 4.99 Å². The van der Waals surface area contributed by atoms with Gasteiger partial charge in [-0.2, -0.15) is 0 Å². The van der Waals surface area contributed by atoms with Crippen LogP contribution in [0.15, 0.2) is 34.8 Å². The predicted molar refractivity (Wildman–Crippen MR) is 122 cm³/mol. The number of rotatable bonds is 5. The number of nitrogens with one attached hydrogen (secondary N) is 2. The van der Waals surface area contributed by atoms with Crippen LogP contribution in [0.25, 0.3) is 10.9 Å². The maximum atomic E-state index is 6.11. The number of H-pyrrole nitrogens is 1. The van der Waals surface area contributed by atoms with Crippen molar-refractivity contribution in [2.24, 2.45) is 4.99 Å². The molecule has 2 N–H and O–H groups in total. The highest BCUT2D eigenvalue weighted by Crippen LogP contribution is 2.22. The van der Waals surface area contributed by atoms with Gasteiger partial charge in [-0.1, -0.05) is 11.6 Å². The van der Waals surface area contributed by atoms with Gasteiger partial charge >= 0.3 is 0 Å². The average Bonchev–Trinajstić information content (AvgIpc) is 3.17. The SMILES string of the molecule is CN=C(NCCc1c[nH]c2ccc(Cl)cc12)N(C)Cc1csc(C)n1.I. The number of benzene rings is 1. The molecule has 0 unspecified atom stereocenters. The van der Waals surface area contributed by atoms with Crippen LogP contribution in [0, 0.1) is 6.92 Å². The van der Waals surface area contributed by atoms with Crippen LogP contribution < -0.4 is 5.32 Å². The van der Waals surface area contributed by atoms with Gasteiger partial charge in [-0.15, -0.1) is 35.3 Å². The van der Waals surface area contributed by atoms with Crippen LogP contribution in [0.2, 0.25) is 5.02 Å². The number of hydrogen-bond donors (Lipinski definition) is 2. The largest absolute Gasteiger partial charge is 0.361 e. The van der Waals surface area contributed by atoms with E-state index in [1.54, 1.807) is 18.4 Å². The van der Waals surface area contributed by atoms with Crippen molar-refractivity contribution in [1.29, 1.82) is 0 Å². The fraction of sp³-hybridized carbons (Fsp3) is 0.333. The summed E-state index contributed by atoms with van der Waals surface area (Å²) in [5, 5.41) is 8.53. The van der Waals surface area contributed by atoms with Crippen molar-refractivity contribution in [3.05, 3.63) is 51.1 Å². The fourth-order valence-electron chi connectivity index (χ4n) is 2.85. The lowest BCUT2D eigenvalue weighted by atomic mass is 10.1. The second-order valence-corrected chi connectivity index (χ2v) is 7.44. The number of nitrogens with zero attached hydrogens (tertiary/aromatic N) is 3. The van der Waals surface area contributed by atoms with Gasteiger partial charge in [0.05, 0.1) is 17.2 Å². The van der Waals surface area contributed by atoms with Crippen LogP contribution in [-0.2, 0) is 13.0 Å². The minimum absolute atomic E-state index is 0. The first-order valence-electron chi connectivity index (χ1n) is 8.15. The minimum atomic E-state index is 0. The average molecular weight is 504 g/mol. The molecule has 5 nitrogen and oxygen atoms in total. The zero-order valence-corrected chi connectivity index (χ0v) is 18.9. The third-order valence-corrected chi connectivity index (χ3v) is 5.10. The van der Waals surface area contributed by atoms with Gasteiger partial charge in [-0.25, -0.2) is 4.98 Å². The van der Waals surface area contributed by atoms with Crippen molar-refractivity contribution >= 4 is 63.8 Å². The van der Waals surface area contributed by atoms with E-state index >= 15 is 0 Å². The molecular formula is C18H23ClIN5S. The molecular weight excluding hydrogens is 481 g/mol. The maximum Gasteiger partial charge on any atom is 0.193 e. The van der Waals surface area contributed by atoms with E-state index in [9.17, 15) is 0 Å². The molecule has 0 atom stereocenters. The molecule has 3 rings (SSSR count). The Morgan fingerprint density at radius 2 is 2.23 bits per heavy atom. The normalized spacial score (nSPS) is 11.5. The summed E-state index contributed by atoms with van der Waals surface area (Å²) >= 11 is 7.79. The second-order valence-electron chi connectivity index (χ2n) is 5.94. The molecule has 0 saturated carbocycles. The highest BCUT2D eigenvalue weighted by Gasteiger charge is 2.09. The van der Waals surface area contributed by atoms with E-state index in [-0.39, 0.29) is 24.0 Å². The molecule has 0 aliphatic rings. The van der Waals surface area contributed by atoms with Crippen molar-refractivity contribution in [3.63, 3.8) is 0 Å². The molecule has 0 aliphatic heterocycles. The summed E-state index contributed by atoms with van der Waals surface area (Å²) in [6.45, 7) is 3.56. The van der Waals surface area contributed by atoms with Gasteiger partial charge in [0.1, 0.15) is 0 Å². The molecule has 0 bridgehead atoms. The van der Waals surface area contributed by atoms with E-state index in [0.717, 1.165) is 46.7 Å². The van der Waals surface area contributed by atoms with E-state index in [1.807, 2.05) is 38.4 Å². The molecule has 0 aliphatic carbocycles. The van der Waals surface area contributed by atoms with E-state index in [4.69, 9.17) is 11.6 Å². The number of aliphatic imine (C=N–C) groups is 1. The zero-order chi connectivity index (χ0) is 17.8. The van der Waals surface area contributed by atoms with Crippen molar-refractivity contribution in [2.45, 2.75) is 19.9 Å². The van der Waals surface area contributed by atoms with Crippen LogP contribution >= 0.6 is 46.9 Å². The molecule has 3 aromatic rings. The summed E-state index contributed by atoms with van der Waals surface area (Å²) in [5.74, 6) is 0.864. The quantitative estimate of drug-likeness (QED) is 0.307. The van der Waals surface area contributed by atoms with Gasteiger partial charge in [-0.05, 0) is 37.1 Å². The molecule has 26 heavy (non-hydrogen) atoms. The summed E-state index contributed by atoms with van der Waals surface area (Å²) < 4.78 is 0. The number of thiazole rings is 1. The number of halogens is 2. The van der Waals surface area contributed by atoms with E-state index in [1.165, 1.54) is 10.9 Å². The Balaban J connectivity index is 0.00000243. The Hall–Kier alpha value is -1.32. The molecule has 0 saturated heterocycles. The molecule has 0 spiro atoms. The number of aryl methyl sites for hydroxylation is 1. The van der Waals surface area contributed by atoms with Crippen LogP contribution in [0.3, 0.4) is 0 Å². The first-order chi connectivity index (χ1) is 12.1.